The van der Waals surface area contributed by atoms with Crippen LogP contribution in [0.5, 0.6) is 0 Å². The Morgan fingerprint density at radius 1 is 1.54 bits per heavy atom. The van der Waals surface area contributed by atoms with Gasteiger partial charge in [-0.3, -0.25) is 0 Å². The van der Waals surface area contributed by atoms with E-state index in [1.165, 1.54) is 0 Å². The lowest BCUT2D eigenvalue weighted by atomic mass is 9.90. The lowest BCUT2D eigenvalue weighted by molar-refractivity contribution is -0.0723. The van der Waals surface area contributed by atoms with Crippen molar-refractivity contribution in [2.75, 3.05) is 6.61 Å². The molecule has 0 amide bonds. The predicted octanol–water partition coefficient (Wildman–Crippen LogP) is 2.89. The van der Waals surface area contributed by atoms with Crippen LogP contribution in [0.3, 0.4) is 0 Å². The van der Waals surface area contributed by atoms with E-state index in [4.69, 9.17) is 4.74 Å². The van der Waals surface area contributed by atoms with Gasteiger partial charge in [-0.2, -0.15) is 0 Å². The number of halogens is 2. The minimum absolute atomic E-state index is 0.128. The van der Waals surface area contributed by atoms with Crippen LogP contribution < -0.4 is 0 Å². The zero-order valence-electron chi connectivity index (χ0n) is 7.52. The summed E-state index contributed by atoms with van der Waals surface area (Å²) in [6.45, 7) is 1.55. The van der Waals surface area contributed by atoms with Crippen LogP contribution in [-0.2, 0) is 4.74 Å². The Morgan fingerprint density at radius 2 is 2.31 bits per heavy atom. The number of allylic oxidation sites excluding steroid dienone is 3. The van der Waals surface area contributed by atoms with E-state index in [0.717, 1.165) is 5.57 Å². The molecule has 1 atom stereocenters. The molecule has 1 nitrogen and oxygen atoms in total. The highest BCUT2D eigenvalue weighted by molar-refractivity contribution is 5.28. The number of ether oxygens (including phenoxy) is 1. The molecule has 2 aliphatic rings. The molecule has 0 spiro atoms. The highest BCUT2D eigenvalue weighted by atomic mass is 19.3. The van der Waals surface area contributed by atoms with Gasteiger partial charge in [-0.25, -0.2) is 8.78 Å². The van der Waals surface area contributed by atoms with Gasteiger partial charge in [0.05, 0.1) is 0 Å². The van der Waals surface area contributed by atoms with Gasteiger partial charge in [0.2, 0.25) is 0 Å². The molecule has 0 bridgehead atoms. The SMILES string of the molecule is CC1C=CC2=C(C1)CC(F)(F)CO2. The topological polar surface area (TPSA) is 9.23 Å². The fraction of sp³-hybridized carbons (Fsp3) is 0.600. The van der Waals surface area contributed by atoms with Crippen LogP contribution in [0.15, 0.2) is 23.5 Å². The molecule has 72 valence electrons. The van der Waals surface area contributed by atoms with Crippen LogP contribution in [0.25, 0.3) is 0 Å². The maximum absolute atomic E-state index is 12.9. The van der Waals surface area contributed by atoms with Crippen molar-refractivity contribution in [3.8, 4) is 0 Å². The first-order chi connectivity index (χ1) is 6.07. The standard InChI is InChI=1S/C10H12F2O/c1-7-2-3-9-8(4-7)5-10(11,12)6-13-9/h2-3,7H,4-6H2,1H3. The fourth-order valence-corrected chi connectivity index (χ4v) is 1.78. The molecule has 0 radical (unpaired) electrons. The van der Waals surface area contributed by atoms with Crippen molar-refractivity contribution in [3.63, 3.8) is 0 Å². The summed E-state index contributed by atoms with van der Waals surface area (Å²) in [6, 6.07) is 0. The first-order valence-corrected chi connectivity index (χ1v) is 4.48. The van der Waals surface area contributed by atoms with E-state index in [2.05, 4.69) is 0 Å². The summed E-state index contributed by atoms with van der Waals surface area (Å²) in [7, 11) is 0. The molecule has 2 rings (SSSR count). The van der Waals surface area contributed by atoms with Gasteiger partial charge in [0, 0.05) is 6.42 Å². The van der Waals surface area contributed by atoms with Crippen LogP contribution >= 0.6 is 0 Å². The Labute approximate surface area is 76.1 Å². The fourth-order valence-electron chi connectivity index (χ4n) is 1.78. The average Bonchev–Trinajstić information content (AvgIpc) is 2.01. The summed E-state index contributed by atoms with van der Waals surface area (Å²) in [4.78, 5) is 0. The van der Waals surface area contributed by atoms with Crippen LogP contribution in [-0.4, -0.2) is 12.5 Å². The molecule has 0 saturated heterocycles. The van der Waals surface area contributed by atoms with Crippen molar-refractivity contribution in [1.82, 2.24) is 0 Å². The maximum atomic E-state index is 12.9. The zero-order valence-corrected chi connectivity index (χ0v) is 7.52. The summed E-state index contributed by atoms with van der Waals surface area (Å²) < 4.78 is 30.8. The quantitative estimate of drug-likeness (QED) is 0.565. The van der Waals surface area contributed by atoms with E-state index in [-0.39, 0.29) is 6.42 Å². The molecule has 1 heterocycles. The van der Waals surface area contributed by atoms with Crippen molar-refractivity contribution in [2.45, 2.75) is 25.7 Å². The molecule has 1 aliphatic heterocycles. The third-order valence-corrected chi connectivity index (χ3v) is 2.40. The lowest BCUT2D eigenvalue weighted by Gasteiger charge is -2.29. The van der Waals surface area contributed by atoms with Gasteiger partial charge in [0.15, 0.2) is 6.61 Å². The normalized spacial score (nSPS) is 31.2. The molecule has 0 saturated carbocycles. The molecule has 13 heavy (non-hydrogen) atoms. The Morgan fingerprint density at radius 3 is 3.08 bits per heavy atom. The maximum Gasteiger partial charge on any atom is 0.285 e. The van der Waals surface area contributed by atoms with Crippen LogP contribution in [0.2, 0.25) is 0 Å². The molecule has 0 aromatic carbocycles. The second kappa shape index (κ2) is 2.82. The van der Waals surface area contributed by atoms with E-state index in [9.17, 15) is 8.78 Å². The minimum Gasteiger partial charge on any atom is -0.487 e. The van der Waals surface area contributed by atoms with Crippen molar-refractivity contribution < 1.29 is 13.5 Å². The number of hydrogen-bond acceptors (Lipinski definition) is 1. The Bertz CT molecular complexity index is 279. The molecule has 0 N–H and O–H groups in total. The summed E-state index contributed by atoms with van der Waals surface area (Å²) in [5.41, 5.74) is 0.770. The first kappa shape index (κ1) is 8.73. The van der Waals surface area contributed by atoms with E-state index in [0.29, 0.717) is 18.1 Å². The molecular formula is C10H12F2O. The molecule has 1 aliphatic carbocycles. The van der Waals surface area contributed by atoms with E-state index < -0.39 is 12.5 Å². The predicted molar refractivity (Wildman–Crippen MR) is 45.5 cm³/mol. The molecular weight excluding hydrogens is 174 g/mol. The molecule has 0 fully saturated rings. The molecule has 1 unspecified atom stereocenters. The molecule has 0 aromatic rings. The molecule has 3 heteroatoms. The lowest BCUT2D eigenvalue weighted by Crippen LogP contribution is -2.30. The Hall–Kier alpha value is -0.860. The van der Waals surface area contributed by atoms with Gasteiger partial charge in [0.25, 0.3) is 5.92 Å². The zero-order chi connectivity index (χ0) is 9.47. The van der Waals surface area contributed by atoms with Crippen molar-refractivity contribution in [2.24, 2.45) is 5.92 Å². The smallest absolute Gasteiger partial charge is 0.285 e. The van der Waals surface area contributed by atoms with Crippen molar-refractivity contribution in [3.05, 3.63) is 23.5 Å². The van der Waals surface area contributed by atoms with E-state index in [1.807, 2.05) is 19.1 Å². The number of alkyl halides is 2. The third-order valence-electron chi connectivity index (χ3n) is 2.40. The Kier molecular flexibility index (Phi) is 1.90. The van der Waals surface area contributed by atoms with Gasteiger partial charge in [-0.1, -0.05) is 13.0 Å². The van der Waals surface area contributed by atoms with Gasteiger partial charge in [-0.05, 0) is 24.0 Å². The number of hydrogen-bond donors (Lipinski definition) is 0. The van der Waals surface area contributed by atoms with E-state index in [1.54, 1.807) is 0 Å². The highest BCUT2D eigenvalue weighted by Gasteiger charge is 2.37. The first-order valence-electron chi connectivity index (χ1n) is 4.48. The minimum atomic E-state index is -2.66. The Balaban J connectivity index is 2.21. The largest absolute Gasteiger partial charge is 0.487 e. The van der Waals surface area contributed by atoms with Crippen LogP contribution in [0, 0.1) is 5.92 Å². The summed E-state index contributed by atoms with van der Waals surface area (Å²) >= 11 is 0. The van der Waals surface area contributed by atoms with Gasteiger partial charge in [0.1, 0.15) is 5.76 Å². The van der Waals surface area contributed by atoms with Crippen LogP contribution in [0.1, 0.15) is 19.8 Å². The monoisotopic (exact) mass is 186 g/mol. The summed E-state index contributed by atoms with van der Waals surface area (Å²) in [5.74, 6) is -1.63. The average molecular weight is 186 g/mol. The second-order valence-electron chi connectivity index (χ2n) is 3.83. The van der Waals surface area contributed by atoms with Crippen molar-refractivity contribution in [1.29, 1.82) is 0 Å². The highest BCUT2D eigenvalue weighted by Crippen LogP contribution is 2.37. The van der Waals surface area contributed by atoms with Crippen LogP contribution in [0.4, 0.5) is 8.78 Å². The second-order valence-corrected chi connectivity index (χ2v) is 3.83. The number of rotatable bonds is 0. The van der Waals surface area contributed by atoms with Gasteiger partial charge in [-0.15, -0.1) is 0 Å². The van der Waals surface area contributed by atoms with Crippen molar-refractivity contribution >= 4 is 0 Å². The van der Waals surface area contributed by atoms with Gasteiger partial charge < -0.3 is 4.74 Å². The third kappa shape index (κ3) is 1.74. The summed E-state index contributed by atoms with van der Waals surface area (Å²) in [6.07, 6.45) is 4.40. The summed E-state index contributed by atoms with van der Waals surface area (Å²) in [5, 5.41) is 0. The van der Waals surface area contributed by atoms with Gasteiger partial charge >= 0.3 is 0 Å². The van der Waals surface area contributed by atoms with E-state index >= 15 is 0 Å². The molecule has 0 aromatic heterocycles.